The second-order valence-electron chi connectivity index (χ2n) is 4.67. The van der Waals surface area contributed by atoms with Crippen molar-refractivity contribution >= 4 is 6.29 Å². The highest BCUT2D eigenvalue weighted by molar-refractivity contribution is 5.60. The third-order valence-electron chi connectivity index (χ3n) is 3.18. The van der Waals surface area contributed by atoms with Crippen molar-refractivity contribution in [3.05, 3.63) is 0 Å². The first-order chi connectivity index (χ1) is 6.00. The molecule has 0 aromatic heterocycles. The van der Waals surface area contributed by atoms with Crippen LogP contribution < -0.4 is 0 Å². The quantitative estimate of drug-likeness (QED) is 0.616. The molecule has 0 radical (unpaired) electrons. The summed E-state index contributed by atoms with van der Waals surface area (Å²) in [6.07, 6.45) is 3.33. The minimum Gasteiger partial charge on any atom is -0.375 e. The summed E-state index contributed by atoms with van der Waals surface area (Å²) in [7, 11) is 0. The van der Waals surface area contributed by atoms with Gasteiger partial charge in [-0.1, -0.05) is 13.8 Å². The van der Waals surface area contributed by atoms with E-state index in [2.05, 4.69) is 27.7 Å². The van der Waals surface area contributed by atoms with Crippen LogP contribution in [-0.2, 0) is 9.53 Å². The van der Waals surface area contributed by atoms with E-state index in [4.69, 9.17) is 4.74 Å². The van der Waals surface area contributed by atoms with Crippen LogP contribution >= 0.6 is 0 Å². The Kier molecular flexibility index (Phi) is 3.12. The Morgan fingerprint density at radius 1 is 1.31 bits per heavy atom. The number of aldehydes is 1. The molecule has 1 fully saturated rings. The van der Waals surface area contributed by atoms with Crippen molar-refractivity contribution in [2.75, 3.05) is 0 Å². The molecular weight excluding hydrogens is 164 g/mol. The molecule has 2 unspecified atom stereocenters. The first-order valence-corrected chi connectivity index (χ1v) is 5.12. The summed E-state index contributed by atoms with van der Waals surface area (Å²) < 4.78 is 5.63. The van der Waals surface area contributed by atoms with E-state index < -0.39 is 0 Å². The van der Waals surface area contributed by atoms with Gasteiger partial charge in [0.05, 0.1) is 12.2 Å². The number of carbonyl (C=O) groups excluding carboxylic acids is 1. The van der Waals surface area contributed by atoms with Crippen molar-refractivity contribution in [1.82, 2.24) is 0 Å². The summed E-state index contributed by atoms with van der Waals surface area (Å²) >= 11 is 0. The summed E-state index contributed by atoms with van der Waals surface area (Å²) in [6, 6.07) is 0. The molecule has 2 atom stereocenters. The van der Waals surface area contributed by atoms with Gasteiger partial charge < -0.3 is 9.53 Å². The van der Waals surface area contributed by atoms with Gasteiger partial charge in [-0.15, -0.1) is 0 Å². The van der Waals surface area contributed by atoms with Gasteiger partial charge in [0, 0.05) is 5.41 Å². The van der Waals surface area contributed by atoms with Crippen LogP contribution in [0.3, 0.4) is 0 Å². The molecule has 1 rings (SSSR count). The Morgan fingerprint density at radius 2 is 1.77 bits per heavy atom. The minimum atomic E-state index is -0.142. The molecule has 0 spiro atoms. The second-order valence-corrected chi connectivity index (χ2v) is 4.67. The van der Waals surface area contributed by atoms with Crippen LogP contribution in [0.4, 0.5) is 0 Å². The third-order valence-corrected chi connectivity index (χ3v) is 3.18. The van der Waals surface area contributed by atoms with Crippen molar-refractivity contribution in [2.45, 2.75) is 52.7 Å². The smallest absolute Gasteiger partial charge is 0.126 e. The van der Waals surface area contributed by atoms with Gasteiger partial charge in [-0.3, -0.25) is 0 Å². The Balaban J connectivity index is 2.79. The lowest BCUT2D eigenvalue weighted by molar-refractivity contribution is -0.138. The monoisotopic (exact) mass is 184 g/mol. The van der Waals surface area contributed by atoms with Crippen LogP contribution in [0.1, 0.15) is 40.5 Å². The molecule has 0 saturated carbocycles. The summed E-state index contributed by atoms with van der Waals surface area (Å²) in [5.41, 5.74) is -0.142. The van der Waals surface area contributed by atoms with Crippen LogP contribution in [-0.4, -0.2) is 18.5 Å². The number of carbonyl (C=O) groups is 1. The van der Waals surface area contributed by atoms with Crippen LogP contribution in [0.5, 0.6) is 0 Å². The fourth-order valence-electron chi connectivity index (χ4n) is 2.35. The predicted molar refractivity (Wildman–Crippen MR) is 52.6 cm³/mol. The average molecular weight is 184 g/mol. The predicted octanol–water partition coefficient (Wildman–Crippen LogP) is 2.42. The zero-order valence-corrected chi connectivity index (χ0v) is 9.04. The maximum atomic E-state index is 11.2. The Hall–Kier alpha value is -0.370. The molecule has 13 heavy (non-hydrogen) atoms. The fourth-order valence-corrected chi connectivity index (χ4v) is 2.35. The summed E-state index contributed by atoms with van der Waals surface area (Å²) in [6.45, 7) is 8.35. The Labute approximate surface area is 80.7 Å². The zero-order chi connectivity index (χ0) is 10.1. The highest BCUT2D eigenvalue weighted by atomic mass is 16.5. The van der Waals surface area contributed by atoms with E-state index in [-0.39, 0.29) is 17.6 Å². The van der Waals surface area contributed by atoms with Crippen molar-refractivity contribution < 1.29 is 9.53 Å². The number of hydrogen-bond donors (Lipinski definition) is 0. The minimum absolute atomic E-state index is 0.142. The van der Waals surface area contributed by atoms with Gasteiger partial charge in [0.25, 0.3) is 0 Å². The molecule has 1 aliphatic heterocycles. The molecule has 0 N–H and O–H groups in total. The molecule has 0 bridgehead atoms. The van der Waals surface area contributed by atoms with E-state index in [1.165, 1.54) is 0 Å². The van der Waals surface area contributed by atoms with Crippen LogP contribution in [0.15, 0.2) is 0 Å². The highest BCUT2D eigenvalue weighted by Gasteiger charge is 2.40. The lowest BCUT2D eigenvalue weighted by atomic mass is 9.69. The fraction of sp³-hybridized carbons (Fsp3) is 0.909. The SMILES string of the molecule is CC1CC(C=O)(C(C)C)CC(C)O1. The summed E-state index contributed by atoms with van der Waals surface area (Å²) in [5.74, 6) is 0.416. The van der Waals surface area contributed by atoms with Crippen LogP contribution in [0.25, 0.3) is 0 Å². The van der Waals surface area contributed by atoms with E-state index in [0.717, 1.165) is 19.1 Å². The Bertz CT molecular complexity index is 177. The molecule has 1 heterocycles. The van der Waals surface area contributed by atoms with Crippen LogP contribution in [0, 0.1) is 11.3 Å². The molecule has 0 aliphatic carbocycles. The highest BCUT2D eigenvalue weighted by Crippen LogP contribution is 2.40. The molecule has 0 aromatic rings. The maximum absolute atomic E-state index is 11.2. The molecule has 76 valence electrons. The standard InChI is InChI=1S/C11H20O2/c1-8(2)11(7-12)5-9(3)13-10(4)6-11/h7-10H,5-6H2,1-4H3. The van der Waals surface area contributed by atoms with E-state index >= 15 is 0 Å². The zero-order valence-electron chi connectivity index (χ0n) is 9.04. The van der Waals surface area contributed by atoms with Crippen molar-refractivity contribution in [3.63, 3.8) is 0 Å². The average Bonchev–Trinajstić information content (AvgIpc) is 2.02. The van der Waals surface area contributed by atoms with E-state index in [1.54, 1.807) is 0 Å². The van der Waals surface area contributed by atoms with Gasteiger partial charge in [-0.2, -0.15) is 0 Å². The molecule has 0 amide bonds. The number of hydrogen-bond acceptors (Lipinski definition) is 2. The van der Waals surface area contributed by atoms with Gasteiger partial charge in [0.15, 0.2) is 0 Å². The largest absolute Gasteiger partial charge is 0.375 e. The number of rotatable bonds is 2. The van der Waals surface area contributed by atoms with E-state index in [0.29, 0.717) is 5.92 Å². The Morgan fingerprint density at radius 3 is 2.08 bits per heavy atom. The molecule has 1 saturated heterocycles. The molecule has 2 nitrogen and oxygen atoms in total. The number of ether oxygens (including phenoxy) is 1. The van der Waals surface area contributed by atoms with Gasteiger partial charge >= 0.3 is 0 Å². The van der Waals surface area contributed by atoms with Gasteiger partial charge in [0.1, 0.15) is 6.29 Å². The normalized spacial score (nSPS) is 40.7. The second kappa shape index (κ2) is 3.79. The first-order valence-electron chi connectivity index (χ1n) is 5.12. The van der Waals surface area contributed by atoms with Gasteiger partial charge in [-0.25, -0.2) is 0 Å². The first kappa shape index (κ1) is 10.7. The van der Waals surface area contributed by atoms with Gasteiger partial charge in [-0.05, 0) is 32.6 Å². The van der Waals surface area contributed by atoms with Crippen molar-refractivity contribution in [1.29, 1.82) is 0 Å². The molecular formula is C11H20O2. The van der Waals surface area contributed by atoms with E-state index in [9.17, 15) is 4.79 Å². The third kappa shape index (κ3) is 2.11. The summed E-state index contributed by atoms with van der Waals surface area (Å²) in [5, 5.41) is 0. The molecule has 2 heteroatoms. The topological polar surface area (TPSA) is 26.3 Å². The van der Waals surface area contributed by atoms with Crippen molar-refractivity contribution in [2.24, 2.45) is 11.3 Å². The summed E-state index contributed by atoms with van der Waals surface area (Å²) in [4.78, 5) is 11.2. The van der Waals surface area contributed by atoms with Gasteiger partial charge in [0.2, 0.25) is 0 Å². The molecule has 0 aromatic carbocycles. The van der Waals surface area contributed by atoms with Crippen molar-refractivity contribution in [3.8, 4) is 0 Å². The van der Waals surface area contributed by atoms with E-state index in [1.807, 2.05) is 0 Å². The maximum Gasteiger partial charge on any atom is 0.126 e. The van der Waals surface area contributed by atoms with Crippen LogP contribution in [0.2, 0.25) is 0 Å². The lowest BCUT2D eigenvalue weighted by Gasteiger charge is -2.41. The lowest BCUT2D eigenvalue weighted by Crippen LogP contribution is -2.42. The molecule has 1 aliphatic rings.